The van der Waals surface area contributed by atoms with E-state index in [4.69, 9.17) is 10.8 Å². The van der Waals surface area contributed by atoms with Gasteiger partial charge in [0.2, 0.25) is 0 Å². The summed E-state index contributed by atoms with van der Waals surface area (Å²) < 4.78 is 0. The van der Waals surface area contributed by atoms with Crippen molar-refractivity contribution < 1.29 is 5.11 Å². The van der Waals surface area contributed by atoms with Crippen LogP contribution in [-0.2, 0) is 0 Å². The van der Waals surface area contributed by atoms with Crippen LogP contribution < -0.4 is 5.73 Å². The molecule has 3 nitrogen and oxygen atoms in total. The third-order valence-corrected chi connectivity index (χ3v) is 2.86. The molecule has 0 aliphatic rings. The number of aliphatic hydroxyl groups excluding tert-OH is 1. The molecule has 1 rings (SSSR count). The Morgan fingerprint density at radius 3 is 2.40 bits per heavy atom. The molecule has 3 N–H and O–H groups in total. The minimum absolute atomic E-state index is 0.124. The molecule has 0 saturated heterocycles. The smallest absolute Gasteiger partial charge is 0.0584 e. The van der Waals surface area contributed by atoms with Crippen molar-refractivity contribution in [1.82, 2.24) is 4.90 Å². The lowest BCUT2D eigenvalue weighted by Gasteiger charge is -2.31. The minimum Gasteiger partial charge on any atom is -0.395 e. The van der Waals surface area contributed by atoms with E-state index in [1.54, 1.807) is 0 Å². The number of aliphatic hydroxyl groups is 1. The van der Waals surface area contributed by atoms with Crippen molar-refractivity contribution in [3.05, 3.63) is 35.9 Å². The zero-order chi connectivity index (χ0) is 11.3. The Hall–Kier alpha value is -0.900. The quantitative estimate of drug-likeness (QED) is 0.759. The molecule has 1 aromatic rings. The summed E-state index contributed by atoms with van der Waals surface area (Å²) in [6, 6.07) is 10.4. The third kappa shape index (κ3) is 3.02. The molecule has 84 valence electrons. The van der Waals surface area contributed by atoms with E-state index in [0.717, 1.165) is 0 Å². The molecule has 0 radical (unpaired) electrons. The molecule has 0 bridgehead atoms. The zero-order valence-electron chi connectivity index (χ0n) is 9.43. The summed E-state index contributed by atoms with van der Waals surface area (Å²) in [4.78, 5) is 2.11. The Morgan fingerprint density at radius 2 is 1.93 bits per heavy atom. The highest BCUT2D eigenvalue weighted by atomic mass is 16.3. The van der Waals surface area contributed by atoms with Gasteiger partial charge in [0.15, 0.2) is 0 Å². The first kappa shape index (κ1) is 12.2. The van der Waals surface area contributed by atoms with Gasteiger partial charge in [-0.3, -0.25) is 4.90 Å². The summed E-state index contributed by atoms with van der Waals surface area (Å²) in [7, 11) is 1.99. The molecule has 0 heterocycles. The van der Waals surface area contributed by atoms with Crippen molar-refractivity contribution in [3.8, 4) is 0 Å². The average molecular weight is 208 g/mol. The van der Waals surface area contributed by atoms with E-state index in [9.17, 15) is 0 Å². The molecule has 0 amide bonds. The van der Waals surface area contributed by atoms with E-state index in [1.165, 1.54) is 5.56 Å². The summed E-state index contributed by atoms with van der Waals surface area (Å²) in [5.74, 6) is 0. The van der Waals surface area contributed by atoms with E-state index in [1.807, 2.05) is 32.2 Å². The van der Waals surface area contributed by atoms with Gasteiger partial charge < -0.3 is 10.8 Å². The van der Waals surface area contributed by atoms with E-state index in [0.29, 0.717) is 6.54 Å². The summed E-state index contributed by atoms with van der Waals surface area (Å²) in [5, 5.41) is 9.11. The van der Waals surface area contributed by atoms with Crippen LogP contribution in [0, 0.1) is 0 Å². The van der Waals surface area contributed by atoms with E-state index < -0.39 is 0 Å². The van der Waals surface area contributed by atoms with Crippen LogP contribution in [0.3, 0.4) is 0 Å². The van der Waals surface area contributed by atoms with Crippen LogP contribution in [0.4, 0.5) is 0 Å². The summed E-state index contributed by atoms with van der Waals surface area (Å²) >= 11 is 0. The first-order chi connectivity index (χ1) is 7.20. The van der Waals surface area contributed by atoms with Crippen LogP contribution in [0.15, 0.2) is 30.3 Å². The lowest BCUT2D eigenvalue weighted by molar-refractivity contribution is 0.122. The fraction of sp³-hybridized carbons (Fsp3) is 0.500. The lowest BCUT2D eigenvalue weighted by atomic mass is 10.0. The van der Waals surface area contributed by atoms with Crippen LogP contribution in [0.1, 0.15) is 18.5 Å². The van der Waals surface area contributed by atoms with Gasteiger partial charge in [-0.15, -0.1) is 0 Å². The van der Waals surface area contributed by atoms with E-state index in [-0.39, 0.29) is 18.7 Å². The normalized spacial score (nSPS) is 15.3. The second-order valence-electron chi connectivity index (χ2n) is 3.86. The molecule has 0 aliphatic heterocycles. The monoisotopic (exact) mass is 208 g/mol. The number of hydrogen-bond acceptors (Lipinski definition) is 3. The fourth-order valence-corrected chi connectivity index (χ4v) is 1.65. The topological polar surface area (TPSA) is 49.5 Å². The zero-order valence-corrected chi connectivity index (χ0v) is 9.43. The van der Waals surface area contributed by atoms with Gasteiger partial charge >= 0.3 is 0 Å². The predicted octanol–water partition coefficient (Wildman–Crippen LogP) is 0.999. The van der Waals surface area contributed by atoms with Crippen molar-refractivity contribution in [2.75, 3.05) is 20.2 Å². The average Bonchev–Trinajstić information content (AvgIpc) is 2.30. The number of hydrogen-bond donors (Lipinski definition) is 2. The molecule has 2 atom stereocenters. The van der Waals surface area contributed by atoms with Crippen LogP contribution in [0.5, 0.6) is 0 Å². The maximum atomic E-state index is 9.11. The Balaban J connectivity index is 2.80. The maximum absolute atomic E-state index is 9.11. The molecule has 0 aromatic heterocycles. The second kappa shape index (κ2) is 5.85. The van der Waals surface area contributed by atoms with Crippen LogP contribution in [0.2, 0.25) is 0 Å². The molecule has 0 fully saturated rings. The van der Waals surface area contributed by atoms with Gasteiger partial charge in [-0.1, -0.05) is 30.3 Å². The van der Waals surface area contributed by atoms with Crippen LogP contribution >= 0.6 is 0 Å². The Bertz CT molecular complexity index is 276. The molecule has 15 heavy (non-hydrogen) atoms. The van der Waals surface area contributed by atoms with Gasteiger partial charge in [-0.2, -0.15) is 0 Å². The standard InChI is InChI=1S/C12H20N2O/c1-10(9-15)14(2)12(8-13)11-6-4-3-5-7-11/h3-7,10,12,15H,8-9,13H2,1-2H3. The highest BCUT2D eigenvalue weighted by molar-refractivity contribution is 5.19. The predicted molar refractivity (Wildman–Crippen MR) is 62.5 cm³/mol. The molecule has 0 aliphatic carbocycles. The molecule has 1 aromatic carbocycles. The van der Waals surface area contributed by atoms with Gasteiger partial charge in [0.25, 0.3) is 0 Å². The minimum atomic E-state index is 0.124. The number of benzene rings is 1. The highest BCUT2D eigenvalue weighted by Gasteiger charge is 2.19. The lowest BCUT2D eigenvalue weighted by Crippen LogP contribution is -2.38. The molecule has 2 unspecified atom stereocenters. The van der Waals surface area contributed by atoms with Gasteiger partial charge in [-0.25, -0.2) is 0 Å². The summed E-state index contributed by atoms with van der Waals surface area (Å²) in [5.41, 5.74) is 6.97. The first-order valence-electron chi connectivity index (χ1n) is 5.28. The number of nitrogens with two attached hydrogens (primary N) is 1. The van der Waals surface area contributed by atoms with Crippen LogP contribution in [-0.4, -0.2) is 36.2 Å². The fourth-order valence-electron chi connectivity index (χ4n) is 1.65. The first-order valence-corrected chi connectivity index (χ1v) is 5.28. The largest absolute Gasteiger partial charge is 0.395 e. The van der Waals surface area contributed by atoms with Crippen molar-refractivity contribution in [2.24, 2.45) is 5.73 Å². The molecular formula is C12H20N2O. The summed E-state index contributed by atoms with van der Waals surface area (Å²) in [6.07, 6.45) is 0. The third-order valence-electron chi connectivity index (χ3n) is 2.86. The molecule has 0 spiro atoms. The number of likely N-dealkylation sites (N-methyl/N-ethyl adjacent to an activating group) is 1. The van der Waals surface area contributed by atoms with Crippen molar-refractivity contribution in [2.45, 2.75) is 19.0 Å². The molecular weight excluding hydrogens is 188 g/mol. The van der Waals surface area contributed by atoms with E-state index in [2.05, 4.69) is 17.0 Å². The van der Waals surface area contributed by atoms with Crippen molar-refractivity contribution in [3.63, 3.8) is 0 Å². The van der Waals surface area contributed by atoms with E-state index >= 15 is 0 Å². The summed E-state index contributed by atoms with van der Waals surface area (Å²) in [6.45, 7) is 2.70. The number of nitrogens with zero attached hydrogens (tertiary/aromatic N) is 1. The maximum Gasteiger partial charge on any atom is 0.0584 e. The SMILES string of the molecule is CC(CO)N(C)C(CN)c1ccccc1. The molecule has 3 heteroatoms. The number of rotatable bonds is 5. The van der Waals surface area contributed by atoms with Gasteiger partial charge in [0, 0.05) is 18.6 Å². The van der Waals surface area contributed by atoms with Gasteiger partial charge in [0.1, 0.15) is 0 Å². The Kier molecular flexibility index (Phi) is 4.75. The van der Waals surface area contributed by atoms with Gasteiger partial charge in [0.05, 0.1) is 6.61 Å². The Morgan fingerprint density at radius 1 is 1.33 bits per heavy atom. The Labute approximate surface area is 91.5 Å². The highest BCUT2D eigenvalue weighted by Crippen LogP contribution is 2.19. The van der Waals surface area contributed by atoms with Gasteiger partial charge in [-0.05, 0) is 19.5 Å². The van der Waals surface area contributed by atoms with Crippen molar-refractivity contribution >= 4 is 0 Å². The van der Waals surface area contributed by atoms with Crippen LogP contribution in [0.25, 0.3) is 0 Å². The molecule has 0 saturated carbocycles. The van der Waals surface area contributed by atoms with Crippen molar-refractivity contribution in [1.29, 1.82) is 0 Å². The second-order valence-corrected chi connectivity index (χ2v) is 3.86.